The molecule has 1 aliphatic rings. The molecule has 1 heterocycles. The fourth-order valence-corrected chi connectivity index (χ4v) is 2.95. The van der Waals surface area contributed by atoms with E-state index in [1.54, 1.807) is 4.90 Å². The van der Waals surface area contributed by atoms with Gasteiger partial charge in [0.25, 0.3) is 0 Å². The molecule has 0 radical (unpaired) electrons. The van der Waals surface area contributed by atoms with Gasteiger partial charge in [-0.05, 0) is 56.2 Å². The van der Waals surface area contributed by atoms with Crippen molar-refractivity contribution in [3.05, 3.63) is 59.2 Å². The van der Waals surface area contributed by atoms with Gasteiger partial charge in [-0.1, -0.05) is 23.8 Å². The first-order valence-corrected chi connectivity index (χ1v) is 8.44. The molecular weight excluding hydrogens is 314 g/mol. The van der Waals surface area contributed by atoms with Gasteiger partial charge in [-0.3, -0.25) is 4.79 Å². The van der Waals surface area contributed by atoms with Crippen LogP contribution in [0.1, 0.15) is 23.1 Å². The van der Waals surface area contributed by atoms with Crippen molar-refractivity contribution in [2.24, 2.45) is 0 Å². The van der Waals surface area contributed by atoms with E-state index in [0.717, 1.165) is 22.5 Å². The van der Waals surface area contributed by atoms with Gasteiger partial charge in [-0.2, -0.15) is 0 Å². The highest BCUT2D eigenvalue weighted by atomic mass is 16.2. The summed E-state index contributed by atoms with van der Waals surface area (Å²) >= 11 is 0. The van der Waals surface area contributed by atoms with Crippen LogP contribution in [0, 0.1) is 20.8 Å². The molecule has 130 valence electrons. The smallest absolute Gasteiger partial charge is 0.319 e. The number of hydrogen-bond acceptors (Lipinski definition) is 2. The Morgan fingerprint density at radius 1 is 1.04 bits per heavy atom. The van der Waals surface area contributed by atoms with Crippen LogP contribution in [0.25, 0.3) is 0 Å². The maximum Gasteiger partial charge on any atom is 0.319 e. The average molecular weight is 337 g/mol. The van der Waals surface area contributed by atoms with Crippen molar-refractivity contribution in [3.8, 4) is 0 Å². The second-order valence-electron chi connectivity index (χ2n) is 6.64. The number of amides is 3. The first-order valence-electron chi connectivity index (χ1n) is 8.44. The molecule has 2 N–H and O–H groups in total. The molecule has 3 amide bonds. The van der Waals surface area contributed by atoms with Crippen molar-refractivity contribution in [2.45, 2.75) is 33.2 Å². The molecule has 25 heavy (non-hydrogen) atoms. The normalized spacial score (nSPS) is 16.8. The number of carbonyl (C=O) groups is 2. The molecule has 5 heteroatoms. The Morgan fingerprint density at radius 2 is 1.76 bits per heavy atom. The molecule has 2 aromatic rings. The quantitative estimate of drug-likeness (QED) is 0.900. The first kappa shape index (κ1) is 17.0. The van der Waals surface area contributed by atoms with Crippen molar-refractivity contribution < 1.29 is 9.59 Å². The molecule has 3 rings (SSSR count). The number of anilines is 2. The summed E-state index contributed by atoms with van der Waals surface area (Å²) in [6.07, 6.45) is 0.314. The monoisotopic (exact) mass is 337 g/mol. The van der Waals surface area contributed by atoms with Crippen molar-refractivity contribution in [3.63, 3.8) is 0 Å². The van der Waals surface area contributed by atoms with Crippen LogP contribution in [0.15, 0.2) is 42.5 Å². The van der Waals surface area contributed by atoms with Crippen LogP contribution in [0.3, 0.4) is 0 Å². The van der Waals surface area contributed by atoms with Gasteiger partial charge in [0.2, 0.25) is 5.91 Å². The fourth-order valence-electron chi connectivity index (χ4n) is 2.95. The Kier molecular flexibility index (Phi) is 4.74. The zero-order valence-corrected chi connectivity index (χ0v) is 14.8. The number of benzene rings is 2. The summed E-state index contributed by atoms with van der Waals surface area (Å²) in [5.41, 5.74) is 5.08. The molecule has 1 unspecified atom stereocenters. The fraction of sp³-hybridized carbons (Fsp3) is 0.300. The van der Waals surface area contributed by atoms with Gasteiger partial charge in [0.05, 0.1) is 6.04 Å². The standard InChI is InChI=1S/C20H23N3O2/c1-13-4-8-18(9-5-13)23-12-17(11-19(23)24)22-20(25)21-16-7-6-14(2)15(3)10-16/h4-10,17H,11-12H2,1-3H3,(H2,21,22,25). The topological polar surface area (TPSA) is 61.4 Å². The van der Waals surface area contributed by atoms with Gasteiger partial charge in [0.15, 0.2) is 0 Å². The van der Waals surface area contributed by atoms with Crippen molar-refractivity contribution in [1.82, 2.24) is 5.32 Å². The molecular formula is C20H23N3O2. The molecule has 5 nitrogen and oxygen atoms in total. The molecule has 1 aliphatic heterocycles. The average Bonchev–Trinajstić information content (AvgIpc) is 2.92. The van der Waals surface area contributed by atoms with E-state index >= 15 is 0 Å². The van der Waals surface area contributed by atoms with Crippen LogP contribution < -0.4 is 15.5 Å². The lowest BCUT2D eigenvalue weighted by atomic mass is 10.1. The number of hydrogen-bond donors (Lipinski definition) is 2. The summed E-state index contributed by atoms with van der Waals surface area (Å²) in [5.74, 6) is 0.0281. The third-order valence-electron chi connectivity index (χ3n) is 4.57. The molecule has 0 spiro atoms. The summed E-state index contributed by atoms with van der Waals surface area (Å²) in [6.45, 7) is 6.54. The lowest BCUT2D eigenvalue weighted by molar-refractivity contribution is -0.117. The minimum absolute atomic E-state index is 0.0281. The third kappa shape index (κ3) is 3.99. The van der Waals surface area contributed by atoms with Crippen molar-refractivity contribution in [2.75, 3.05) is 16.8 Å². The van der Waals surface area contributed by atoms with E-state index in [-0.39, 0.29) is 18.0 Å². The number of aryl methyl sites for hydroxylation is 3. The maximum atomic E-state index is 12.2. The second kappa shape index (κ2) is 6.97. The van der Waals surface area contributed by atoms with Crippen molar-refractivity contribution in [1.29, 1.82) is 0 Å². The van der Waals surface area contributed by atoms with Gasteiger partial charge in [0, 0.05) is 24.3 Å². The van der Waals surface area contributed by atoms with Crippen LogP contribution >= 0.6 is 0 Å². The van der Waals surface area contributed by atoms with E-state index in [1.807, 2.05) is 63.2 Å². The molecule has 1 atom stereocenters. The van der Waals surface area contributed by atoms with Crippen LogP contribution in [-0.2, 0) is 4.79 Å². The van der Waals surface area contributed by atoms with Crippen LogP contribution in [0.4, 0.5) is 16.2 Å². The number of nitrogens with zero attached hydrogens (tertiary/aromatic N) is 1. The maximum absolute atomic E-state index is 12.2. The number of urea groups is 1. The number of carbonyl (C=O) groups excluding carboxylic acids is 2. The number of rotatable bonds is 3. The Balaban J connectivity index is 1.60. The van der Waals surface area contributed by atoms with Gasteiger partial charge in [0.1, 0.15) is 0 Å². The highest BCUT2D eigenvalue weighted by Gasteiger charge is 2.31. The van der Waals surface area contributed by atoms with Gasteiger partial charge in [-0.15, -0.1) is 0 Å². The SMILES string of the molecule is Cc1ccc(N2CC(NC(=O)Nc3ccc(C)c(C)c3)CC2=O)cc1. The zero-order valence-electron chi connectivity index (χ0n) is 14.8. The Bertz CT molecular complexity index is 799. The Morgan fingerprint density at radius 3 is 2.44 bits per heavy atom. The molecule has 0 aromatic heterocycles. The van der Waals surface area contributed by atoms with E-state index in [1.165, 1.54) is 5.56 Å². The first-order chi connectivity index (χ1) is 11.9. The van der Waals surface area contributed by atoms with Crippen LogP contribution in [0.2, 0.25) is 0 Å². The van der Waals surface area contributed by atoms with E-state index < -0.39 is 0 Å². The predicted molar refractivity (Wildman–Crippen MR) is 100 cm³/mol. The van der Waals surface area contributed by atoms with Gasteiger partial charge >= 0.3 is 6.03 Å². The molecule has 0 aliphatic carbocycles. The molecule has 0 saturated carbocycles. The zero-order chi connectivity index (χ0) is 18.0. The highest BCUT2D eigenvalue weighted by Crippen LogP contribution is 2.22. The van der Waals surface area contributed by atoms with Gasteiger partial charge in [-0.25, -0.2) is 4.79 Å². The predicted octanol–water partition coefficient (Wildman–Crippen LogP) is 3.54. The Hall–Kier alpha value is -2.82. The van der Waals surface area contributed by atoms with E-state index in [9.17, 15) is 9.59 Å². The summed E-state index contributed by atoms with van der Waals surface area (Å²) in [7, 11) is 0. The molecule has 1 saturated heterocycles. The minimum Gasteiger partial charge on any atom is -0.333 e. The third-order valence-corrected chi connectivity index (χ3v) is 4.57. The summed E-state index contributed by atoms with van der Waals surface area (Å²) in [5, 5.41) is 5.72. The van der Waals surface area contributed by atoms with E-state index in [4.69, 9.17) is 0 Å². The Labute approximate surface area is 148 Å². The van der Waals surface area contributed by atoms with Crippen LogP contribution in [-0.4, -0.2) is 24.5 Å². The van der Waals surface area contributed by atoms with Gasteiger partial charge < -0.3 is 15.5 Å². The molecule has 1 fully saturated rings. The van der Waals surface area contributed by atoms with Crippen molar-refractivity contribution >= 4 is 23.3 Å². The highest BCUT2D eigenvalue weighted by molar-refractivity contribution is 5.97. The molecule has 2 aromatic carbocycles. The lowest BCUT2D eigenvalue weighted by Gasteiger charge is -2.17. The van der Waals surface area contributed by atoms with E-state index in [0.29, 0.717) is 13.0 Å². The largest absolute Gasteiger partial charge is 0.333 e. The number of nitrogens with one attached hydrogen (secondary N) is 2. The summed E-state index contributed by atoms with van der Waals surface area (Å²) in [4.78, 5) is 26.2. The minimum atomic E-state index is -0.285. The lowest BCUT2D eigenvalue weighted by Crippen LogP contribution is -2.39. The second-order valence-corrected chi connectivity index (χ2v) is 6.64. The summed E-state index contributed by atoms with van der Waals surface area (Å²) < 4.78 is 0. The van der Waals surface area contributed by atoms with E-state index in [2.05, 4.69) is 10.6 Å². The van der Waals surface area contributed by atoms with Crippen LogP contribution in [0.5, 0.6) is 0 Å². The molecule has 0 bridgehead atoms. The summed E-state index contributed by atoms with van der Waals surface area (Å²) in [6, 6.07) is 13.1.